The molecule has 0 bridgehead atoms. The lowest BCUT2D eigenvalue weighted by Crippen LogP contribution is -2.17. The Bertz CT molecular complexity index is 576. The number of ether oxygens (including phenoxy) is 1. The molecule has 1 fully saturated rings. The molecule has 3 rings (SSSR count). The van der Waals surface area contributed by atoms with E-state index in [1.807, 2.05) is 31.2 Å². The first-order chi connectivity index (χ1) is 9.70. The van der Waals surface area contributed by atoms with Crippen LogP contribution in [0.2, 0.25) is 0 Å². The molecule has 20 heavy (non-hydrogen) atoms. The van der Waals surface area contributed by atoms with Gasteiger partial charge >= 0.3 is 0 Å². The van der Waals surface area contributed by atoms with Gasteiger partial charge in [0.2, 0.25) is 0 Å². The van der Waals surface area contributed by atoms with Gasteiger partial charge in [-0.15, -0.1) is 0 Å². The van der Waals surface area contributed by atoms with Gasteiger partial charge in [0, 0.05) is 12.0 Å². The summed E-state index contributed by atoms with van der Waals surface area (Å²) in [5.74, 6) is 2.65. The summed E-state index contributed by atoms with van der Waals surface area (Å²) >= 11 is 0. The largest absolute Gasteiger partial charge is 0.484 e. The fourth-order valence-corrected chi connectivity index (χ4v) is 2.11. The summed E-state index contributed by atoms with van der Waals surface area (Å²) in [5.41, 5.74) is 6.97. The van der Waals surface area contributed by atoms with Crippen LogP contribution < -0.4 is 10.5 Å². The van der Waals surface area contributed by atoms with E-state index in [9.17, 15) is 0 Å². The number of nitrogens with zero attached hydrogens (tertiary/aromatic N) is 2. The molecule has 1 heterocycles. The third-order valence-electron chi connectivity index (χ3n) is 3.24. The highest BCUT2D eigenvalue weighted by Gasteiger charge is 2.28. The summed E-state index contributed by atoms with van der Waals surface area (Å²) in [6.45, 7) is 2.30. The Morgan fingerprint density at radius 3 is 3.05 bits per heavy atom. The van der Waals surface area contributed by atoms with Gasteiger partial charge in [0.05, 0.1) is 0 Å². The Balaban J connectivity index is 1.59. The van der Waals surface area contributed by atoms with E-state index >= 15 is 0 Å². The lowest BCUT2D eigenvalue weighted by molar-refractivity contribution is 0.242. The van der Waals surface area contributed by atoms with Crippen LogP contribution in [-0.4, -0.2) is 16.2 Å². The van der Waals surface area contributed by atoms with Crippen molar-refractivity contribution in [3.8, 4) is 5.75 Å². The summed E-state index contributed by atoms with van der Waals surface area (Å²) in [6, 6.07) is 8.08. The number of rotatable bonds is 6. The highest BCUT2D eigenvalue weighted by molar-refractivity contribution is 5.29. The van der Waals surface area contributed by atoms with E-state index in [1.165, 1.54) is 18.4 Å². The quantitative estimate of drug-likeness (QED) is 0.874. The van der Waals surface area contributed by atoms with Gasteiger partial charge in [-0.05, 0) is 43.9 Å². The Hall–Kier alpha value is -1.88. The first-order valence-electron chi connectivity index (χ1n) is 7.00. The zero-order valence-electron chi connectivity index (χ0n) is 11.6. The molecule has 1 aliphatic carbocycles. The summed E-state index contributed by atoms with van der Waals surface area (Å²) < 4.78 is 10.9. The zero-order valence-corrected chi connectivity index (χ0v) is 11.6. The van der Waals surface area contributed by atoms with Crippen LogP contribution >= 0.6 is 0 Å². The predicted molar refractivity (Wildman–Crippen MR) is 74.4 cm³/mol. The van der Waals surface area contributed by atoms with Crippen LogP contribution in [0.4, 0.5) is 0 Å². The van der Waals surface area contributed by atoms with Crippen LogP contribution in [0.1, 0.15) is 43.0 Å². The van der Waals surface area contributed by atoms with E-state index in [-0.39, 0.29) is 6.04 Å². The average molecular weight is 273 g/mol. The molecule has 0 radical (unpaired) electrons. The van der Waals surface area contributed by atoms with Gasteiger partial charge in [0.15, 0.2) is 12.4 Å². The van der Waals surface area contributed by atoms with Crippen LogP contribution in [0.3, 0.4) is 0 Å². The molecule has 0 spiro atoms. The molecule has 1 aliphatic rings. The van der Waals surface area contributed by atoms with Gasteiger partial charge in [-0.3, -0.25) is 0 Å². The fraction of sp³-hybridized carbons (Fsp3) is 0.467. The van der Waals surface area contributed by atoms with Crippen LogP contribution in [0, 0.1) is 0 Å². The number of benzene rings is 1. The normalized spacial score (nSPS) is 16.1. The standard InChI is InChI=1S/C15H19N3O2/c1-10(16)7-11-3-2-4-13(8-11)19-9-14-17-15(18-20-14)12-5-6-12/h2-4,8,10,12H,5-7,9,16H2,1H3. The molecule has 0 saturated heterocycles. The topological polar surface area (TPSA) is 74.2 Å². The molecule has 1 atom stereocenters. The fourth-order valence-electron chi connectivity index (χ4n) is 2.11. The summed E-state index contributed by atoms with van der Waals surface area (Å²) in [6.07, 6.45) is 3.17. The number of nitrogens with two attached hydrogens (primary N) is 1. The van der Waals surface area contributed by atoms with Gasteiger partial charge in [0.1, 0.15) is 5.75 Å². The van der Waals surface area contributed by atoms with Crippen molar-refractivity contribution >= 4 is 0 Å². The number of hydrogen-bond acceptors (Lipinski definition) is 5. The molecule has 2 N–H and O–H groups in total. The molecule has 5 nitrogen and oxygen atoms in total. The van der Waals surface area contributed by atoms with E-state index in [2.05, 4.69) is 10.1 Å². The SMILES string of the molecule is CC(N)Cc1cccc(OCc2nc(C3CC3)no2)c1. The van der Waals surface area contributed by atoms with Crippen molar-refractivity contribution in [3.05, 3.63) is 41.5 Å². The first kappa shape index (κ1) is 13.1. The van der Waals surface area contributed by atoms with Crippen LogP contribution in [-0.2, 0) is 13.0 Å². The third kappa shape index (κ3) is 3.36. The molecule has 1 aromatic carbocycles. The Kier molecular flexibility index (Phi) is 3.69. The van der Waals surface area contributed by atoms with E-state index < -0.39 is 0 Å². The maximum Gasteiger partial charge on any atom is 0.264 e. The van der Waals surface area contributed by atoms with Gasteiger partial charge in [-0.25, -0.2) is 0 Å². The van der Waals surface area contributed by atoms with Crippen molar-refractivity contribution in [3.63, 3.8) is 0 Å². The number of hydrogen-bond donors (Lipinski definition) is 1. The molecule has 1 unspecified atom stereocenters. The molecular weight excluding hydrogens is 254 g/mol. The van der Waals surface area contributed by atoms with Crippen molar-refractivity contribution in [2.75, 3.05) is 0 Å². The molecule has 0 aliphatic heterocycles. The van der Waals surface area contributed by atoms with E-state index in [4.69, 9.17) is 15.0 Å². The molecule has 2 aromatic rings. The van der Waals surface area contributed by atoms with Crippen molar-refractivity contribution in [1.82, 2.24) is 10.1 Å². The highest BCUT2D eigenvalue weighted by Crippen LogP contribution is 2.38. The van der Waals surface area contributed by atoms with Gasteiger partial charge in [-0.1, -0.05) is 17.3 Å². The predicted octanol–water partition coefficient (Wildman–Crippen LogP) is 2.42. The second kappa shape index (κ2) is 5.63. The van der Waals surface area contributed by atoms with E-state index in [1.54, 1.807) is 0 Å². The van der Waals surface area contributed by atoms with E-state index in [0.717, 1.165) is 18.0 Å². The first-order valence-corrected chi connectivity index (χ1v) is 7.00. The van der Waals surface area contributed by atoms with Crippen molar-refractivity contribution in [2.24, 2.45) is 5.73 Å². The minimum absolute atomic E-state index is 0.141. The van der Waals surface area contributed by atoms with Crippen molar-refractivity contribution < 1.29 is 9.26 Å². The van der Waals surface area contributed by atoms with Gasteiger partial charge in [-0.2, -0.15) is 4.98 Å². The third-order valence-corrected chi connectivity index (χ3v) is 3.24. The van der Waals surface area contributed by atoms with Crippen LogP contribution in [0.25, 0.3) is 0 Å². The lowest BCUT2D eigenvalue weighted by Gasteiger charge is -2.08. The molecule has 5 heteroatoms. The zero-order chi connectivity index (χ0) is 13.9. The second-order valence-corrected chi connectivity index (χ2v) is 5.44. The molecular formula is C15H19N3O2. The van der Waals surface area contributed by atoms with Gasteiger partial charge in [0.25, 0.3) is 5.89 Å². The Morgan fingerprint density at radius 1 is 1.45 bits per heavy atom. The lowest BCUT2D eigenvalue weighted by atomic mass is 10.1. The monoisotopic (exact) mass is 273 g/mol. The van der Waals surface area contributed by atoms with E-state index in [0.29, 0.717) is 18.4 Å². The summed E-state index contributed by atoms with van der Waals surface area (Å²) in [4.78, 5) is 4.34. The van der Waals surface area contributed by atoms with Crippen molar-refractivity contribution in [1.29, 1.82) is 0 Å². The number of aromatic nitrogens is 2. The van der Waals surface area contributed by atoms with Crippen LogP contribution in [0.5, 0.6) is 5.75 Å². The molecule has 106 valence electrons. The summed E-state index contributed by atoms with van der Waals surface area (Å²) in [7, 11) is 0. The second-order valence-electron chi connectivity index (χ2n) is 5.44. The van der Waals surface area contributed by atoms with Crippen LogP contribution in [0.15, 0.2) is 28.8 Å². The highest BCUT2D eigenvalue weighted by atomic mass is 16.5. The summed E-state index contributed by atoms with van der Waals surface area (Å²) in [5, 5.41) is 3.96. The smallest absolute Gasteiger partial charge is 0.264 e. The maximum absolute atomic E-state index is 5.80. The van der Waals surface area contributed by atoms with Crippen molar-refractivity contribution in [2.45, 2.75) is 44.8 Å². The van der Waals surface area contributed by atoms with Gasteiger partial charge < -0.3 is 15.0 Å². The minimum atomic E-state index is 0.141. The maximum atomic E-state index is 5.80. The molecule has 0 amide bonds. The Morgan fingerprint density at radius 2 is 2.30 bits per heavy atom. The minimum Gasteiger partial charge on any atom is -0.484 e. The Labute approximate surface area is 118 Å². The molecule has 1 saturated carbocycles. The molecule has 1 aromatic heterocycles. The average Bonchev–Trinajstić information content (AvgIpc) is 3.16.